The fraction of sp³-hybridized carbons (Fsp3) is 0.500. The van der Waals surface area contributed by atoms with E-state index in [4.69, 9.17) is 0 Å². The van der Waals surface area contributed by atoms with Gasteiger partial charge in [-0.05, 0) is 44.5 Å². The first-order valence-electron chi connectivity index (χ1n) is 7.77. The van der Waals surface area contributed by atoms with Crippen LogP contribution in [0.5, 0.6) is 0 Å². The van der Waals surface area contributed by atoms with Gasteiger partial charge in [0.05, 0.1) is 0 Å². The molecule has 1 saturated heterocycles. The van der Waals surface area contributed by atoms with E-state index in [2.05, 4.69) is 24.1 Å². The standard InChI is InChI=1S/C18H24N2O2/c1-4-16-13-20(12-11-19-16)17(21)15-7-5-14(6-8-15)9-10-18(2,3)22/h5-8,16,19,22H,4,11-13H2,1-3H3/t16-/m0/s1. The second-order valence-corrected chi connectivity index (χ2v) is 6.20. The highest BCUT2D eigenvalue weighted by Crippen LogP contribution is 2.11. The zero-order chi connectivity index (χ0) is 16.2. The Morgan fingerprint density at radius 2 is 2.09 bits per heavy atom. The van der Waals surface area contributed by atoms with Crippen LogP contribution in [-0.2, 0) is 0 Å². The van der Waals surface area contributed by atoms with Crippen LogP contribution in [0.25, 0.3) is 0 Å². The highest BCUT2D eigenvalue weighted by Gasteiger charge is 2.22. The Morgan fingerprint density at radius 1 is 1.41 bits per heavy atom. The normalized spacial score (nSPS) is 18.5. The molecule has 2 rings (SSSR count). The van der Waals surface area contributed by atoms with Crippen molar-refractivity contribution in [3.63, 3.8) is 0 Å². The quantitative estimate of drug-likeness (QED) is 0.816. The third kappa shape index (κ3) is 4.59. The molecule has 2 N–H and O–H groups in total. The number of aliphatic hydroxyl groups is 1. The van der Waals surface area contributed by atoms with Crippen LogP contribution in [-0.4, -0.2) is 47.2 Å². The summed E-state index contributed by atoms with van der Waals surface area (Å²) in [6, 6.07) is 7.64. The molecule has 1 aliphatic rings. The molecule has 22 heavy (non-hydrogen) atoms. The summed E-state index contributed by atoms with van der Waals surface area (Å²) < 4.78 is 0. The van der Waals surface area contributed by atoms with Crippen LogP contribution in [0.3, 0.4) is 0 Å². The van der Waals surface area contributed by atoms with Gasteiger partial charge in [-0.2, -0.15) is 0 Å². The van der Waals surface area contributed by atoms with Crippen LogP contribution in [0.15, 0.2) is 24.3 Å². The average Bonchev–Trinajstić information content (AvgIpc) is 2.52. The lowest BCUT2D eigenvalue weighted by Gasteiger charge is -2.33. The van der Waals surface area contributed by atoms with Crippen molar-refractivity contribution in [1.29, 1.82) is 0 Å². The van der Waals surface area contributed by atoms with E-state index in [-0.39, 0.29) is 5.91 Å². The van der Waals surface area contributed by atoms with E-state index in [9.17, 15) is 9.90 Å². The summed E-state index contributed by atoms with van der Waals surface area (Å²) in [4.78, 5) is 14.4. The maximum absolute atomic E-state index is 12.5. The van der Waals surface area contributed by atoms with E-state index in [1.807, 2.05) is 17.0 Å². The Labute approximate surface area is 132 Å². The van der Waals surface area contributed by atoms with Crippen molar-refractivity contribution >= 4 is 5.91 Å². The lowest BCUT2D eigenvalue weighted by molar-refractivity contribution is 0.0701. The first kappa shape index (κ1) is 16.5. The largest absolute Gasteiger partial charge is 0.378 e. The summed E-state index contributed by atoms with van der Waals surface area (Å²) in [6.45, 7) is 7.77. The highest BCUT2D eigenvalue weighted by atomic mass is 16.3. The number of benzene rings is 1. The predicted molar refractivity (Wildman–Crippen MR) is 87.6 cm³/mol. The van der Waals surface area contributed by atoms with Crippen LogP contribution in [0.1, 0.15) is 43.1 Å². The Hall–Kier alpha value is -1.83. The van der Waals surface area contributed by atoms with Crippen molar-refractivity contribution in [2.24, 2.45) is 0 Å². The topological polar surface area (TPSA) is 52.6 Å². The summed E-state index contributed by atoms with van der Waals surface area (Å²) in [6.07, 6.45) is 1.02. The van der Waals surface area contributed by atoms with Gasteiger partial charge in [0.2, 0.25) is 0 Å². The molecule has 1 atom stereocenters. The number of hydrogen-bond donors (Lipinski definition) is 2. The first-order valence-corrected chi connectivity index (χ1v) is 7.77. The van der Waals surface area contributed by atoms with E-state index in [0.717, 1.165) is 31.6 Å². The van der Waals surface area contributed by atoms with Crippen molar-refractivity contribution in [3.05, 3.63) is 35.4 Å². The van der Waals surface area contributed by atoms with Gasteiger partial charge >= 0.3 is 0 Å². The van der Waals surface area contributed by atoms with E-state index in [1.165, 1.54) is 0 Å². The highest BCUT2D eigenvalue weighted by molar-refractivity contribution is 5.94. The molecule has 1 aliphatic heterocycles. The molecule has 4 heteroatoms. The number of nitrogens with zero attached hydrogens (tertiary/aromatic N) is 1. The molecular formula is C18H24N2O2. The summed E-state index contributed by atoms with van der Waals surface area (Å²) in [7, 11) is 0. The lowest BCUT2D eigenvalue weighted by atomic mass is 10.1. The molecule has 1 amide bonds. The molecule has 1 aromatic carbocycles. The van der Waals surface area contributed by atoms with Crippen LogP contribution >= 0.6 is 0 Å². The monoisotopic (exact) mass is 300 g/mol. The summed E-state index contributed by atoms with van der Waals surface area (Å²) in [5.41, 5.74) is 0.473. The molecule has 1 fully saturated rings. The summed E-state index contributed by atoms with van der Waals surface area (Å²) in [5, 5.41) is 13.0. The third-order valence-electron chi connectivity index (χ3n) is 3.68. The fourth-order valence-corrected chi connectivity index (χ4v) is 2.39. The molecule has 0 bridgehead atoms. The van der Waals surface area contributed by atoms with Gasteiger partial charge in [0.25, 0.3) is 5.91 Å². The average molecular weight is 300 g/mol. The molecule has 4 nitrogen and oxygen atoms in total. The Morgan fingerprint density at radius 3 is 2.68 bits per heavy atom. The van der Waals surface area contributed by atoms with Gasteiger partial charge in [0.15, 0.2) is 0 Å². The smallest absolute Gasteiger partial charge is 0.253 e. The third-order valence-corrected chi connectivity index (χ3v) is 3.68. The maximum Gasteiger partial charge on any atom is 0.253 e. The van der Waals surface area contributed by atoms with Gasteiger partial charge in [-0.15, -0.1) is 0 Å². The summed E-state index contributed by atoms with van der Waals surface area (Å²) >= 11 is 0. The van der Waals surface area contributed by atoms with Gasteiger partial charge < -0.3 is 15.3 Å². The number of piperazine rings is 1. The van der Waals surface area contributed by atoms with Crippen LogP contribution in [0.2, 0.25) is 0 Å². The maximum atomic E-state index is 12.5. The molecule has 0 aromatic heterocycles. The molecular weight excluding hydrogens is 276 g/mol. The number of nitrogens with one attached hydrogen (secondary N) is 1. The van der Waals surface area contributed by atoms with E-state index in [1.54, 1.807) is 26.0 Å². The van der Waals surface area contributed by atoms with Gasteiger partial charge in [-0.3, -0.25) is 4.79 Å². The zero-order valence-electron chi connectivity index (χ0n) is 13.5. The number of rotatable bonds is 2. The van der Waals surface area contributed by atoms with Crippen LogP contribution < -0.4 is 5.32 Å². The van der Waals surface area contributed by atoms with Gasteiger partial charge in [0.1, 0.15) is 5.60 Å². The Bertz CT molecular complexity index is 576. The molecule has 118 valence electrons. The zero-order valence-corrected chi connectivity index (χ0v) is 13.5. The van der Waals surface area contributed by atoms with Gasteiger partial charge in [-0.25, -0.2) is 0 Å². The Balaban J connectivity index is 2.06. The number of amides is 1. The van der Waals surface area contributed by atoms with E-state index >= 15 is 0 Å². The second kappa shape index (κ2) is 6.95. The second-order valence-electron chi connectivity index (χ2n) is 6.20. The lowest BCUT2D eigenvalue weighted by Crippen LogP contribution is -2.52. The number of carbonyl (C=O) groups is 1. The van der Waals surface area contributed by atoms with Crippen LogP contribution in [0, 0.1) is 11.8 Å². The number of carbonyl (C=O) groups excluding carboxylic acids is 1. The predicted octanol–water partition coefficient (Wildman–Crippen LogP) is 1.63. The number of hydrogen-bond acceptors (Lipinski definition) is 3. The van der Waals surface area contributed by atoms with Crippen molar-refractivity contribution in [3.8, 4) is 11.8 Å². The van der Waals surface area contributed by atoms with Crippen molar-refractivity contribution in [2.75, 3.05) is 19.6 Å². The van der Waals surface area contributed by atoms with Crippen molar-refractivity contribution in [1.82, 2.24) is 10.2 Å². The molecule has 0 aliphatic carbocycles. The van der Waals surface area contributed by atoms with Crippen LogP contribution in [0.4, 0.5) is 0 Å². The minimum atomic E-state index is -1.01. The molecule has 0 radical (unpaired) electrons. The molecule has 0 saturated carbocycles. The van der Waals surface area contributed by atoms with E-state index < -0.39 is 5.60 Å². The van der Waals surface area contributed by atoms with Crippen molar-refractivity contribution < 1.29 is 9.90 Å². The minimum absolute atomic E-state index is 0.0712. The first-order chi connectivity index (χ1) is 10.4. The van der Waals surface area contributed by atoms with Crippen molar-refractivity contribution in [2.45, 2.75) is 38.8 Å². The summed E-state index contributed by atoms with van der Waals surface area (Å²) in [5.74, 6) is 5.75. The minimum Gasteiger partial charge on any atom is -0.378 e. The van der Waals surface area contributed by atoms with E-state index in [0.29, 0.717) is 11.6 Å². The molecule has 1 aromatic rings. The molecule has 0 unspecified atom stereocenters. The SMILES string of the molecule is CC[C@H]1CN(C(=O)c2ccc(C#CC(C)(C)O)cc2)CCN1. The van der Waals surface area contributed by atoms with Gasteiger partial charge in [0, 0.05) is 36.8 Å². The molecule has 1 heterocycles. The Kier molecular flexibility index (Phi) is 5.23. The molecule has 0 spiro atoms. The van der Waals surface area contributed by atoms with Gasteiger partial charge in [-0.1, -0.05) is 18.8 Å². The fourth-order valence-electron chi connectivity index (χ4n) is 2.39.